The van der Waals surface area contributed by atoms with Gasteiger partial charge >= 0.3 is 0 Å². The minimum atomic E-state index is -3.49. The van der Waals surface area contributed by atoms with Crippen LogP contribution < -0.4 is 15.2 Å². The molecule has 4 N–H and O–H groups in total. The molecule has 1 rings (SSSR count). The Labute approximate surface area is 96.0 Å². The third-order valence-electron chi connectivity index (χ3n) is 2.59. The van der Waals surface area contributed by atoms with Crippen LogP contribution in [0.2, 0.25) is 0 Å². The van der Waals surface area contributed by atoms with Crippen LogP contribution in [0.3, 0.4) is 0 Å². The zero-order chi connectivity index (χ0) is 11.5. The molecule has 0 aromatic heterocycles. The van der Waals surface area contributed by atoms with Crippen molar-refractivity contribution in [2.75, 3.05) is 6.54 Å². The molecule has 7 heteroatoms. The van der Waals surface area contributed by atoms with Gasteiger partial charge in [-0.15, -0.1) is 0 Å². The molecule has 1 fully saturated rings. The highest BCUT2D eigenvalue weighted by molar-refractivity contribution is 7.87. The summed E-state index contributed by atoms with van der Waals surface area (Å²) in [6.07, 6.45) is 3.28. The van der Waals surface area contributed by atoms with Gasteiger partial charge in [0.2, 0.25) is 0 Å². The number of nitrogens with two attached hydrogens (primary N) is 1. The first-order chi connectivity index (χ1) is 6.92. The molecule has 15 heavy (non-hydrogen) atoms. The minimum absolute atomic E-state index is 0.237. The molecule has 0 bridgehead atoms. The first-order valence-electron chi connectivity index (χ1n) is 5.00. The van der Waals surface area contributed by atoms with Crippen LogP contribution in [0.15, 0.2) is 0 Å². The highest BCUT2D eigenvalue weighted by Crippen LogP contribution is 2.30. The number of nitrogens with one attached hydrogen (secondary N) is 2. The molecule has 0 spiro atoms. The summed E-state index contributed by atoms with van der Waals surface area (Å²) in [5.41, 5.74) is 4.90. The third-order valence-corrected chi connectivity index (χ3v) is 4.31. The largest absolute Gasteiger partial charge is 0.392 e. The number of hydrogen-bond donors (Lipinski definition) is 3. The van der Waals surface area contributed by atoms with Crippen LogP contribution >= 0.6 is 12.2 Å². The van der Waals surface area contributed by atoms with E-state index in [0.717, 1.165) is 12.8 Å². The van der Waals surface area contributed by atoms with E-state index in [1.54, 1.807) is 6.92 Å². The molecule has 0 atom stereocenters. The van der Waals surface area contributed by atoms with E-state index in [2.05, 4.69) is 9.44 Å². The fourth-order valence-electron chi connectivity index (χ4n) is 1.86. The molecule has 88 valence electrons. The molecule has 0 aromatic rings. The minimum Gasteiger partial charge on any atom is -0.392 e. The second-order valence-corrected chi connectivity index (χ2v) is 5.70. The Kier molecular flexibility index (Phi) is 4.05. The van der Waals surface area contributed by atoms with Crippen molar-refractivity contribution in [3.63, 3.8) is 0 Å². The van der Waals surface area contributed by atoms with Gasteiger partial charge in [0.25, 0.3) is 10.2 Å². The molecule has 0 aromatic carbocycles. The summed E-state index contributed by atoms with van der Waals surface area (Å²) >= 11 is 4.94. The molecule has 0 amide bonds. The normalized spacial score (nSPS) is 20.3. The van der Waals surface area contributed by atoms with Gasteiger partial charge in [0.1, 0.15) is 0 Å². The summed E-state index contributed by atoms with van der Waals surface area (Å²) in [5, 5.41) is 0. The number of thiocarbonyl (C=S) groups is 1. The van der Waals surface area contributed by atoms with Gasteiger partial charge in [-0.1, -0.05) is 32.0 Å². The van der Waals surface area contributed by atoms with E-state index in [1.165, 1.54) is 0 Å². The van der Waals surface area contributed by atoms with Gasteiger partial charge in [-0.2, -0.15) is 13.1 Å². The van der Waals surface area contributed by atoms with Crippen LogP contribution in [0.25, 0.3) is 0 Å². The van der Waals surface area contributed by atoms with Gasteiger partial charge in [-0.3, -0.25) is 0 Å². The zero-order valence-electron chi connectivity index (χ0n) is 8.75. The zero-order valence-corrected chi connectivity index (χ0v) is 10.4. The SMILES string of the molecule is CCNS(=O)(=O)NC1(C(N)=S)CCCC1. The summed E-state index contributed by atoms with van der Waals surface area (Å²) in [7, 11) is -3.49. The predicted octanol–water partition coefficient (Wildman–Crippen LogP) is 0.0292. The van der Waals surface area contributed by atoms with Crippen molar-refractivity contribution in [2.45, 2.75) is 38.1 Å². The van der Waals surface area contributed by atoms with Crippen LogP contribution in [-0.2, 0) is 10.2 Å². The second kappa shape index (κ2) is 4.73. The van der Waals surface area contributed by atoms with Crippen molar-refractivity contribution in [1.29, 1.82) is 0 Å². The van der Waals surface area contributed by atoms with Crippen molar-refractivity contribution < 1.29 is 8.42 Å². The van der Waals surface area contributed by atoms with Crippen molar-refractivity contribution in [2.24, 2.45) is 5.73 Å². The highest BCUT2D eigenvalue weighted by atomic mass is 32.2. The lowest BCUT2D eigenvalue weighted by Crippen LogP contribution is -2.57. The lowest BCUT2D eigenvalue weighted by molar-refractivity contribution is 0.495. The van der Waals surface area contributed by atoms with Gasteiger partial charge in [-0.05, 0) is 12.8 Å². The van der Waals surface area contributed by atoms with Crippen molar-refractivity contribution in [3.05, 3.63) is 0 Å². The van der Waals surface area contributed by atoms with Crippen LogP contribution in [0.5, 0.6) is 0 Å². The average molecular weight is 251 g/mol. The maximum absolute atomic E-state index is 11.6. The van der Waals surface area contributed by atoms with Gasteiger partial charge in [0.05, 0.1) is 10.5 Å². The van der Waals surface area contributed by atoms with Crippen LogP contribution in [-0.4, -0.2) is 25.5 Å². The molecule has 0 saturated heterocycles. The summed E-state index contributed by atoms with van der Waals surface area (Å²) in [5.74, 6) is 0. The summed E-state index contributed by atoms with van der Waals surface area (Å²) in [4.78, 5) is 0.237. The summed E-state index contributed by atoms with van der Waals surface area (Å²) in [6.45, 7) is 2.07. The fourth-order valence-corrected chi connectivity index (χ4v) is 3.46. The van der Waals surface area contributed by atoms with E-state index in [0.29, 0.717) is 19.4 Å². The Morgan fingerprint density at radius 1 is 1.47 bits per heavy atom. The first kappa shape index (κ1) is 12.8. The quantitative estimate of drug-likeness (QED) is 0.602. The monoisotopic (exact) mass is 251 g/mol. The molecular weight excluding hydrogens is 234 g/mol. The standard InChI is InChI=1S/C8H17N3O2S2/c1-2-10-15(12,13)11-8(7(9)14)5-3-4-6-8/h10-11H,2-6H2,1H3,(H2,9,14). The fraction of sp³-hybridized carbons (Fsp3) is 0.875. The van der Waals surface area contributed by atoms with Crippen LogP contribution in [0.4, 0.5) is 0 Å². The molecule has 0 heterocycles. The predicted molar refractivity (Wildman–Crippen MR) is 63.7 cm³/mol. The van der Waals surface area contributed by atoms with Gasteiger partial charge in [0, 0.05) is 6.54 Å². The molecule has 0 aliphatic heterocycles. The second-order valence-electron chi connectivity index (χ2n) is 3.76. The van der Waals surface area contributed by atoms with Crippen LogP contribution in [0.1, 0.15) is 32.6 Å². The Balaban J connectivity index is 2.80. The Morgan fingerprint density at radius 3 is 2.40 bits per heavy atom. The maximum Gasteiger partial charge on any atom is 0.277 e. The Morgan fingerprint density at radius 2 is 2.00 bits per heavy atom. The van der Waals surface area contributed by atoms with Crippen molar-refractivity contribution in [3.8, 4) is 0 Å². The van der Waals surface area contributed by atoms with Crippen molar-refractivity contribution >= 4 is 27.4 Å². The summed E-state index contributed by atoms with van der Waals surface area (Å²) in [6, 6.07) is 0. The lowest BCUT2D eigenvalue weighted by Gasteiger charge is -2.28. The molecule has 1 saturated carbocycles. The Bertz CT molecular complexity index is 334. The third kappa shape index (κ3) is 3.10. The summed E-state index contributed by atoms with van der Waals surface area (Å²) < 4.78 is 28.1. The van der Waals surface area contributed by atoms with E-state index in [1.807, 2.05) is 0 Å². The number of hydrogen-bond acceptors (Lipinski definition) is 3. The van der Waals surface area contributed by atoms with Gasteiger partial charge in [-0.25, -0.2) is 4.72 Å². The smallest absolute Gasteiger partial charge is 0.277 e. The van der Waals surface area contributed by atoms with E-state index >= 15 is 0 Å². The van der Waals surface area contributed by atoms with Gasteiger partial charge in [0.15, 0.2) is 0 Å². The Hall–Kier alpha value is -0.240. The van der Waals surface area contributed by atoms with E-state index in [4.69, 9.17) is 18.0 Å². The van der Waals surface area contributed by atoms with E-state index < -0.39 is 15.7 Å². The topological polar surface area (TPSA) is 84.2 Å². The van der Waals surface area contributed by atoms with Crippen molar-refractivity contribution in [1.82, 2.24) is 9.44 Å². The average Bonchev–Trinajstić information content (AvgIpc) is 2.52. The first-order valence-corrected chi connectivity index (χ1v) is 6.89. The molecular formula is C8H17N3O2S2. The molecule has 5 nitrogen and oxygen atoms in total. The van der Waals surface area contributed by atoms with E-state index in [-0.39, 0.29) is 4.99 Å². The highest BCUT2D eigenvalue weighted by Gasteiger charge is 2.39. The maximum atomic E-state index is 11.6. The van der Waals surface area contributed by atoms with Gasteiger partial charge < -0.3 is 5.73 Å². The molecule has 0 unspecified atom stereocenters. The van der Waals surface area contributed by atoms with Crippen LogP contribution in [0, 0.1) is 0 Å². The lowest BCUT2D eigenvalue weighted by atomic mass is 10.00. The van der Waals surface area contributed by atoms with E-state index in [9.17, 15) is 8.42 Å². The number of rotatable bonds is 5. The molecule has 1 aliphatic carbocycles. The molecule has 1 aliphatic rings. The molecule has 0 radical (unpaired) electrons.